The topological polar surface area (TPSA) is 72.1 Å². The Morgan fingerprint density at radius 3 is 2.35 bits per heavy atom. The standard InChI is InChI=1S/C12H16N4O/c1-12(2)8-5-16(6-9(8)12)7-3-14-11(10(13)17)15-4-7/h3-4,8-9H,5-6H2,1-2H3,(H2,13,17). The number of primary amides is 1. The lowest BCUT2D eigenvalue weighted by Gasteiger charge is -2.23. The minimum Gasteiger partial charge on any atom is -0.368 e. The molecule has 1 aromatic rings. The molecule has 2 aliphatic rings. The van der Waals surface area contributed by atoms with Crippen LogP contribution in [0.5, 0.6) is 0 Å². The summed E-state index contributed by atoms with van der Waals surface area (Å²) in [5.41, 5.74) is 6.59. The lowest BCUT2D eigenvalue weighted by atomic mass is 10.1. The molecule has 5 heteroatoms. The van der Waals surface area contributed by atoms with Crippen molar-refractivity contribution in [1.29, 1.82) is 0 Å². The SMILES string of the molecule is CC1(C)C2CN(c3cnc(C(N)=O)nc3)CC21. The second kappa shape index (κ2) is 3.18. The quantitative estimate of drug-likeness (QED) is 0.813. The number of carbonyl (C=O) groups is 1. The molecule has 2 unspecified atom stereocenters. The van der Waals surface area contributed by atoms with Crippen LogP contribution in [0.25, 0.3) is 0 Å². The average Bonchev–Trinajstić information content (AvgIpc) is 2.70. The summed E-state index contributed by atoms with van der Waals surface area (Å²) >= 11 is 0. The summed E-state index contributed by atoms with van der Waals surface area (Å²) in [6.07, 6.45) is 3.37. The van der Waals surface area contributed by atoms with Gasteiger partial charge in [-0.15, -0.1) is 0 Å². The van der Waals surface area contributed by atoms with Crippen molar-refractivity contribution < 1.29 is 4.79 Å². The average molecular weight is 232 g/mol. The minimum absolute atomic E-state index is 0.0819. The van der Waals surface area contributed by atoms with Gasteiger partial charge in [0, 0.05) is 13.1 Å². The maximum Gasteiger partial charge on any atom is 0.286 e. The van der Waals surface area contributed by atoms with E-state index < -0.39 is 5.91 Å². The van der Waals surface area contributed by atoms with Crippen LogP contribution in [0.2, 0.25) is 0 Å². The molecule has 3 rings (SSSR count). The Balaban J connectivity index is 1.73. The van der Waals surface area contributed by atoms with Gasteiger partial charge < -0.3 is 10.6 Å². The summed E-state index contributed by atoms with van der Waals surface area (Å²) in [5, 5.41) is 0. The van der Waals surface area contributed by atoms with Gasteiger partial charge in [0.05, 0.1) is 18.1 Å². The van der Waals surface area contributed by atoms with Crippen LogP contribution in [-0.2, 0) is 0 Å². The van der Waals surface area contributed by atoms with Crippen LogP contribution in [-0.4, -0.2) is 29.0 Å². The zero-order valence-electron chi connectivity index (χ0n) is 10.1. The Hall–Kier alpha value is -1.65. The van der Waals surface area contributed by atoms with Crippen molar-refractivity contribution in [3.63, 3.8) is 0 Å². The first-order valence-electron chi connectivity index (χ1n) is 5.87. The molecule has 1 aliphatic heterocycles. The zero-order valence-corrected chi connectivity index (χ0v) is 10.1. The number of fused-ring (bicyclic) bond motifs is 1. The highest BCUT2D eigenvalue weighted by molar-refractivity contribution is 5.88. The lowest BCUT2D eigenvalue weighted by Crippen LogP contribution is -2.26. The fraction of sp³-hybridized carbons (Fsp3) is 0.583. The largest absolute Gasteiger partial charge is 0.368 e. The van der Waals surface area contributed by atoms with Crippen molar-refractivity contribution in [1.82, 2.24) is 9.97 Å². The van der Waals surface area contributed by atoms with Gasteiger partial charge in [-0.05, 0) is 17.3 Å². The van der Waals surface area contributed by atoms with Gasteiger partial charge in [0.25, 0.3) is 5.91 Å². The number of anilines is 1. The molecule has 0 aromatic carbocycles. The molecule has 2 fully saturated rings. The van der Waals surface area contributed by atoms with Crippen molar-refractivity contribution in [2.45, 2.75) is 13.8 Å². The summed E-state index contributed by atoms with van der Waals surface area (Å²) in [7, 11) is 0. The van der Waals surface area contributed by atoms with E-state index in [2.05, 4.69) is 28.7 Å². The number of amides is 1. The fourth-order valence-electron chi connectivity index (χ4n) is 2.95. The Morgan fingerprint density at radius 2 is 1.88 bits per heavy atom. The van der Waals surface area contributed by atoms with Crippen LogP contribution in [0.1, 0.15) is 24.5 Å². The number of nitrogens with two attached hydrogens (primary N) is 1. The summed E-state index contributed by atoms with van der Waals surface area (Å²) in [6, 6.07) is 0. The third kappa shape index (κ3) is 1.49. The zero-order chi connectivity index (χ0) is 12.2. The van der Waals surface area contributed by atoms with Gasteiger partial charge in [0.2, 0.25) is 5.82 Å². The third-order valence-corrected chi connectivity index (χ3v) is 4.35. The summed E-state index contributed by atoms with van der Waals surface area (Å²) in [4.78, 5) is 21.1. The van der Waals surface area contributed by atoms with Crippen LogP contribution < -0.4 is 10.6 Å². The molecule has 5 nitrogen and oxygen atoms in total. The van der Waals surface area contributed by atoms with Gasteiger partial charge in [-0.25, -0.2) is 9.97 Å². The highest BCUT2D eigenvalue weighted by atomic mass is 16.1. The number of hydrogen-bond acceptors (Lipinski definition) is 4. The molecule has 90 valence electrons. The van der Waals surface area contributed by atoms with E-state index in [1.807, 2.05) is 0 Å². The van der Waals surface area contributed by atoms with Crippen LogP contribution in [0.4, 0.5) is 5.69 Å². The molecule has 17 heavy (non-hydrogen) atoms. The molecule has 1 saturated carbocycles. The smallest absolute Gasteiger partial charge is 0.286 e. The number of hydrogen-bond donors (Lipinski definition) is 1. The first kappa shape index (κ1) is 10.5. The van der Waals surface area contributed by atoms with Gasteiger partial charge in [-0.1, -0.05) is 13.8 Å². The molecule has 2 atom stereocenters. The normalized spacial score (nSPS) is 28.9. The highest BCUT2D eigenvalue weighted by Crippen LogP contribution is 2.62. The summed E-state index contributed by atoms with van der Waals surface area (Å²) in [5.74, 6) is 1.08. The molecule has 2 N–H and O–H groups in total. The lowest BCUT2D eigenvalue weighted by molar-refractivity contribution is 0.0990. The molecular weight excluding hydrogens is 216 g/mol. The van der Waals surface area contributed by atoms with Crippen LogP contribution in [0.15, 0.2) is 12.4 Å². The van der Waals surface area contributed by atoms with Crippen LogP contribution in [0.3, 0.4) is 0 Å². The Bertz CT molecular complexity index is 454. The van der Waals surface area contributed by atoms with E-state index in [9.17, 15) is 4.79 Å². The van der Waals surface area contributed by atoms with E-state index in [1.165, 1.54) is 0 Å². The first-order chi connectivity index (χ1) is 8.00. The highest BCUT2D eigenvalue weighted by Gasteiger charge is 2.61. The van der Waals surface area contributed by atoms with E-state index in [4.69, 9.17) is 5.73 Å². The molecule has 2 heterocycles. The number of piperidine rings is 1. The summed E-state index contributed by atoms with van der Waals surface area (Å²) < 4.78 is 0. The number of rotatable bonds is 2. The predicted octanol–water partition coefficient (Wildman–Crippen LogP) is 0.668. The molecule has 0 spiro atoms. The number of aromatic nitrogens is 2. The first-order valence-corrected chi connectivity index (χ1v) is 5.87. The number of nitrogens with zero attached hydrogens (tertiary/aromatic N) is 3. The molecular formula is C12H16N4O. The predicted molar refractivity (Wildman–Crippen MR) is 63.5 cm³/mol. The van der Waals surface area contributed by atoms with E-state index in [-0.39, 0.29) is 5.82 Å². The van der Waals surface area contributed by atoms with Gasteiger partial charge in [-0.3, -0.25) is 4.79 Å². The van der Waals surface area contributed by atoms with Crippen LogP contribution in [0, 0.1) is 17.3 Å². The van der Waals surface area contributed by atoms with Gasteiger partial charge in [-0.2, -0.15) is 0 Å². The second-order valence-electron chi connectivity index (χ2n) is 5.57. The Labute approximate surface area is 100 Å². The van der Waals surface area contributed by atoms with Crippen molar-refractivity contribution in [2.75, 3.05) is 18.0 Å². The van der Waals surface area contributed by atoms with Gasteiger partial charge in [0.1, 0.15) is 0 Å². The maximum atomic E-state index is 10.9. The summed E-state index contributed by atoms with van der Waals surface area (Å²) in [6.45, 7) is 6.78. The van der Waals surface area contributed by atoms with E-state index in [0.29, 0.717) is 5.41 Å². The second-order valence-corrected chi connectivity index (χ2v) is 5.57. The van der Waals surface area contributed by atoms with Gasteiger partial charge in [0.15, 0.2) is 0 Å². The van der Waals surface area contributed by atoms with E-state index >= 15 is 0 Å². The van der Waals surface area contributed by atoms with Crippen LogP contribution >= 0.6 is 0 Å². The molecule has 0 radical (unpaired) electrons. The molecule has 1 amide bonds. The van der Waals surface area contributed by atoms with Crippen molar-refractivity contribution in [2.24, 2.45) is 23.0 Å². The minimum atomic E-state index is -0.582. The Morgan fingerprint density at radius 1 is 1.35 bits per heavy atom. The molecule has 1 aromatic heterocycles. The maximum absolute atomic E-state index is 10.9. The monoisotopic (exact) mass is 232 g/mol. The van der Waals surface area contributed by atoms with Crippen molar-refractivity contribution >= 4 is 11.6 Å². The van der Waals surface area contributed by atoms with Crippen molar-refractivity contribution in [3.05, 3.63) is 18.2 Å². The van der Waals surface area contributed by atoms with Crippen molar-refractivity contribution in [3.8, 4) is 0 Å². The molecule has 1 saturated heterocycles. The fourth-order valence-corrected chi connectivity index (χ4v) is 2.95. The Kier molecular flexibility index (Phi) is 1.97. The number of carbonyl (C=O) groups excluding carboxylic acids is 1. The van der Waals surface area contributed by atoms with E-state index in [0.717, 1.165) is 30.6 Å². The van der Waals surface area contributed by atoms with Gasteiger partial charge >= 0.3 is 0 Å². The van der Waals surface area contributed by atoms with E-state index in [1.54, 1.807) is 12.4 Å². The molecule has 1 aliphatic carbocycles. The molecule has 0 bridgehead atoms. The third-order valence-electron chi connectivity index (χ3n) is 4.35.